The number of carbonyl (C=O) groups is 1. The summed E-state index contributed by atoms with van der Waals surface area (Å²) in [5.41, 5.74) is 2.12. The number of rotatable bonds is 6. The Balaban J connectivity index is 2.11. The highest BCUT2D eigenvalue weighted by atomic mass is 16.1. The minimum atomic E-state index is -0.517. The Hall–Kier alpha value is -3.13. The Morgan fingerprint density at radius 1 is 1.08 bits per heavy atom. The zero-order valence-corrected chi connectivity index (χ0v) is 13.9. The van der Waals surface area contributed by atoms with Gasteiger partial charge >= 0.3 is 0 Å². The van der Waals surface area contributed by atoms with Crippen molar-refractivity contribution in [2.75, 3.05) is 23.3 Å². The van der Waals surface area contributed by atoms with Crippen molar-refractivity contribution in [3.8, 4) is 6.07 Å². The van der Waals surface area contributed by atoms with Crippen molar-refractivity contribution in [2.24, 2.45) is 4.99 Å². The maximum absolute atomic E-state index is 12.2. The predicted octanol–water partition coefficient (Wildman–Crippen LogP) is 3.77. The SMILES string of the molecule is CCN(CC)c1ccc(NC(=O)C(C#N)=Nc2ccccc2)cc1. The summed E-state index contributed by atoms with van der Waals surface area (Å²) in [7, 11) is 0. The second-order valence-corrected chi connectivity index (χ2v) is 5.08. The quantitative estimate of drug-likeness (QED) is 0.824. The summed E-state index contributed by atoms with van der Waals surface area (Å²) < 4.78 is 0. The first-order chi connectivity index (χ1) is 11.7. The maximum Gasteiger partial charge on any atom is 0.285 e. The van der Waals surface area contributed by atoms with E-state index in [0.29, 0.717) is 11.4 Å². The van der Waals surface area contributed by atoms with E-state index >= 15 is 0 Å². The van der Waals surface area contributed by atoms with E-state index in [1.165, 1.54) is 0 Å². The van der Waals surface area contributed by atoms with Crippen molar-refractivity contribution < 1.29 is 4.79 Å². The molecule has 1 amide bonds. The zero-order valence-electron chi connectivity index (χ0n) is 13.9. The molecular formula is C19H20N4O. The Bertz CT molecular complexity index is 741. The van der Waals surface area contributed by atoms with Crippen LogP contribution in [0, 0.1) is 11.3 Å². The lowest BCUT2D eigenvalue weighted by molar-refractivity contribution is -0.110. The molecule has 0 unspecified atom stereocenters. The van der Waals surface area contributed by atoms with E-state index in [1.54, 1.807) is 24.3 Å². The summed E-state index contributed by atoms with van der Waals surface area (Å²) in [4.78, 5) is 18.5. The van der Waals surface area contributed by atoms with Gasteiger partial charge < -0.3 is 10.2 Å². The molecule has 0 saturated heterocycles. The van der Waals surface area contributed by atoms with Crippen LogP contribution in [0.25, 0.3) is 0 Å². The molecule has 0 fully saturated rings. The van der Waals surface area contributed by atoms with Crippen LogP contribution < -0.4 is 10.2 Å². The van der Waals surface area contributed by atoms with E-state index in [1.807, 2.05) is 36.4 Å². The van der Waals surface area contributed by atoms with Crippen molar-refractivity contribution in [3.63, 3.8) is 0 Å². The van der Waals surface area contributed by atoms with Crippen molar-refractivity contribution in [3.05, 3.63) is 54.6 Å². The number of anilines is 2. The largest absolute Gasteiger partial charge is 0.372 e. The number of amides is 1. The Kier molecular flexibility index (Phi) is 6.09. The minimum absolute atomic E-state index is 0.172. The van der Waals surface area contributed by atoms with Gasteiger partial charge in [0.15, 0.2) is 0 Å². The summed E-state index contributed by atoms with van der Waals surface area (Å²) in [6.07, 6.45) is 0. The van der Waals surface area contributed by atoms with E-state index in [-0.39, 0.29) is 5.71 Å². The molecule has 0 aliphatic carbocycles. The van der Waals surface area contributed by atoms with E-state index in [2.05, 4.69) is 29.1 Å². The molecule has 0 heterocycles. The molecule has 0 aromatic heterocycles. The first-order valence-corrected chi connectivity index (χ1v) is 7.88. The fourth-order valence-corrected chi connectivity index (χ4v) is 2.29. The van der Waals surface area contributed by atoms with Crippen LogP contribution in [-0.2, 0) is 4.79 Å². The average Bonchev–Trinajstić information content (AvgIpc) is 2.63. The third-order valence-electron chi connectivity index (χ3n) is 3.57. The lowest BCUT2D eigenvalue weighted by Gasteiger charge is -2.21. The van der Waals surface area contributed by atoms with Crippen molar-refractivity contribution >= 4 is 28.7 Å². The highest BCUT2D eigenvalue weighted by Crippen LogP contribution is 2.18. The Labute approximate surface area is 142 Å². The van der Waals surface area contributed by atoms with E-state index in [0.717, 1.165) is 18.8 Å². The van der Waals surface area contributed by atoms with Gasteiger partial charge in [-0.3, -0.25) is 4.79 Å². The van der Waals surface area contributed by atoms with Crippen molar-refractivity contribution in [1.29, 1.82) is 5.26 Å². The average molecular weight is 320 g/mol. The van der Waals surface area contributed by atoms with Crippen LogP contribution in [0.5, 0.6) is 0 Å². The van der Waals surface area contributed by atoms with Gasteiger partial charge in [0.2, 0.25) is 5.71 Å². The highest BCUT2D eigenvalue weighted by Gasteiger charge is 2.11. The van der Waals surface area contributed by atoms with Gasteiger partial charge in [0.05, 0.1) is 5.69 Å². The van der Waals surface area contributed by atoms with Crippen LogP contribution in [0.2, 0.25) is 0 Å². The number of nitrogens with zero attached hydrogens (tertiary/aromatic N) is 3. The molecule has 1 N–H and O–H groups in total. The molecule has 0 bridgehead atoms. The van der Waals surface area contributed by atoms with Crippen LogP contribution in [-0.4, -0.2) is 24.7 Å². The molecule has 5 heteroatoms. The summed E-state index contributed by atoms with van der Waals surface area (Å²) in [6, 6.07) is 18.3. The fraction of sp³-hybridized carbons (Fsp3) is 0.211. The molecule has 0 saturated carbocycles. The molecule has 122 valence electrons. The van der Waals surface area contributed by atoms with Crippen molar-refractivity contribution in [1.82, 2.24) is 0 Å². The highest BCUT2D eigenvalue weighted by molar-refractivity contribution is 6.49. The van der Waals surface area contributed by atoms with Crippen LogP contribution >= 0.6 is 0 Å². The van der Waals surface area contributed by atoms with Gasteiger partial charge in [-0.25, -0.2) is 4.99 Å². The summed E-state index contributed by atoms with van der Waals surface area (Å²) in [6.45, 7) is 6.03. The van der Waals surface area contributed by atoms with Crippen LogP contribution in [0.4, 0.5) is 17.1 Å². The molecule has 2 rings (SSSR count). The monoisotopic (exact) mass is 320 g/mol. The number of hydrogen-bond acceptors (Lipinski definition) is 4. The predicted molar refractivity (Wildman–Crippen MR) is 97.8 cm³/mol. The van der Waals surface area contributed by atoms with Gasteiger partial charge in [-0.15, -0.1) is 0 Å². The number of carbonyl (C=O) groups excluding carboxylic acids is 1. The number of aliphatic imine (C=N–C) groups is 1. The third kappa shape index (κ3) is 4.43. The standard InChI is InChI=1S/C19H20N4O/c1-3-23(4-2)17-12-10-16(11-13-17)22-19(24)18(14-20)21-15-8-6-5-7-9-15/h5-13H,3-4H2,1-2H3,(H,22,24). The maximum atomic E-state index is 12.2. The minimum Gasteiger partial charge on any atom is -0.372 e. The second kappa shape index (κ2) is 8.49. The summed E-state index contributed by atoms with van der Waals surface area (Å²) >= 11 is 0. The van der Waals surface area contributed by atoms with Gasteiger partial charge in [-0.05, 0) is 50.2 Å². The van der Waals surface area contributed by atoms with Gasteiger partial charge in [0, 0.05) is 24.5 Å². The first-order valence-electron chi connectivity index (χ1n) is 7.88. The van der Waals surface area contributed by atoms with E-state index < -0.39 is 5.91 Å². The summed E-state index contributed by atoms with van der Waals surface area (Å²) in [5, 5.41) is 11.9. The molecule has 0 aliphatic rings. The molecular weight excluding hydrogens is 300 g/mol. The van der Waals surface area contributed by atoms with Crippen LogP contribution in [0.15, 0.2) is 59.6 Å². The lowest BCUT2D eigenvalue weighted by atomic mass is 10.2. The van der Waals surface area contributed by atoms with Gasteiger partial charge in [-0.1, -0.05) is 18.2 Å². The molecule has 0 aliphatic heterocycles. The molecule has 2 aromatic carbocycles. The number of nitrogens with one attached hydrogen (secondary N) is 1. The van der Waals surface area contributed by atoms with E-state index in [9.17, 15) is 4.79 Å². The third-order valence-corrected chi connectivity index (χ3v) is 3.57. The number of benzene rings is 2. The van der Waals surface area contributed by atoms with Crippen LogP contribution in [0.1, 0.15) is 13.8 Å². The van der Waals surface area contributed by atoms with Gasteiger partial charge in [-0.2, -0.15) is 5.26 Å². The van der Waals surface area contributed by atoms with E-state index in [4.69, 9.17) is 5.26 Å². The fourth-order valence-electron chi connectivity index (χ4n) is 2.29. The topological polar surface area (TPSA) is 68.5 Å². The van der Waals surface area contributed by atoms with Gasteiger partial charge in [0.1, 0.15) is 6.07 Å². The van der Waals surface area contributed by atoms with Gasteiger partial charge in [0.25, 0.3) is 5.91 Å². The van der Waals surface area contributed by atoms with Crippen LogP contribution in [0.3, 0.4) is 0 Å². The first kappa shape index (κ1) is 17.2. The molecule has 0 radical (unpaired) electrons. The molecule has 2 aromatic rings. The number of para-hydroxylation sites is 1. The lowest BCUT2D eigenvalue weighted by Crippen LogP contribution is -2.22. The normalized spacial score (nSPS) is 10.8. The smallest absolute Gasteiger partial charge is 0.285 e. The summed E-state index contributed by atoms with van der Waals surface area (Å²) in [5.74, 6) is -0.517. The molecule has 5 nitrogen and oxygen atoms in total. The Morgan fingerprint density at radius 2 is 1.71 bits per heavy atom. The number of hydrogen-bond donors (Lipinski definition) is 1. The molecule has 24 heavy (non-hydrogen) atoms. The molecule has 0 spiro atoms. The molecule has 0 atom stereocenters. The number of nitriles is 1. The Morgan fingerprint density at radius 3 is 2.25 bits per heavy atom. The second-order valence-electron chi connectivity index (χ2n) is 5.08. The zero-order chi connectivity index (χ0) is 17.4. The van der Waals surface area contributed by atoms with Crippen molar-refractivity contribution in [2.45, 2.75) is 13.8 Å².